The highest BCUT2D eigenvalue weighted by Crippen LogP contribution is 2.27. The van der Waals surface area contributed by atoms with Gasteiger partial charge in [-0.25, -0.2) is 4.79 Å². The molecule has 2 rings (SSSR count). The fraction of sp³-hybridized carbons (Fsp3) is 0.200. The molecule has 0 aliphatic heterocycles. The van der Waals surface area contributed by atoms with Gasteiger partial charge in [0.2, 0.25) is 0 Å². The van der Waals surface area contributed by atoms with Gasteiger partial charge in [-0.15, -0.1) is 0 Å². The lowest BCUT2D eigenvalue weighted by Crippen LogP contribution is -2.02. The Bertz CT molecular complexity index is 740. The summed E-state index contributed by atoms with van der Waals surface area (Å²) in [7, 11) is 0. The van der Waals surface area contributed by atoms with Gasteiger partial charge in [-0.05, 0) is 24.6 Å². The van der Waals surface area contributed by atoms with Gasteiger partial charge >= 0.3 is 5.97 Å². The minimum atomic E-state index is -1.13. The Balaban J connectivity index is 2.70. The van der Waals surface area contributed by atoms with Crippen LogP contribution in [0, 0.1) is 0 Å². The van der Waals surface area contributed by atoms with Gasteiger partial charge in [0.25, 0.3) is 0 Å². The minimum Gasteiger partial charge on any atom is -0.508 e. The first-order chi connectivity index (χ1) is 9.52. The molecule has 5 nitrogen and oxygen atoms in total. The van der Waals surface area contributed by atoms with Crippen molar-refractivity contribution in [1.82, 2.24) is 0 Å². The highest BCUT2D eigenvalue weighted by Gasteiger charge is 2.12. The van der Waals surface area contributed by atoms with Crippen molar-refractivity contribution < 1.29 is 19.4 Å². The molecule has 0 amide bonds. The molecule has 0 saturated carbocycles. The second-order valence-electron chi connectivity index (χ2n) is 4.37. The van der Waals surface area contributed by atoms with Gasteiger partial charge in [0, 0.05) is 17.7 Å². The number of aromatic hydroxyl groups is 1. The van der Waals surface area contributed by atoms with Crippen LogP contribution >= 0.6 is 0 Å². The third-order valence-corrected chi connectivity index (χ3v) is 2.88. The Morgan fingerprint density at radius 3 is 2.80 bits per heavy atom. The van der Waals surface area contributed by atoms with E-state index in [1.54, 1.807) is 0 Å². The summed E-state index contributed by atoms with van der Waals surface area (Å²) in [4.78, 5) is 22.5. The van der Waals surface area contributed by atoms with Crippen LogP contribution in [0.25, 0.3) is 17.0 Å². The fourth-order valence-electron chi connectivity index (χ4n) is 2.01. The first kappa shape index (κ1) is 13.9. The Morgan fingerprint density at radius 2 is 2.15 bits per heavy atom. The van der Waals surface area contributed by atoms with E-state index in [0.717, 1.165) is 12.5 Å². The Kier molecular flexibility index (Phi) is 3.89. The third kappa shape index (κ3) is 2.71. The summed E-state index contributed by atoms with van der Waals surface area (Å²) in [6.45, 7) is 1.95. The third-order valence-electron chi connectivity index (χ3n) is 2.88. The average molecular weight is 274 g/mol. The second-order valence-corrected chi connectivity index (χ2v) is 4.37. The van der Waals surface area contributed by atoms with E-state index in [9.17, 15) is 14.7 Å². The number of phenolic OH excluding ortho intramolecular Hbond substituents is 1. The Morgan fingerprint density at radius 1 is 1.40 bits per heavy atom. The topological polar surface area (TPSA) is 87.7 Å². The van der Waals surface area contributed by atoms with Gasteiger partial charge in [0.1, 0.15) is 17.1 Å². The van der Waals surface area contributed by atoms with Crippen LogP contribution in [0.2, 0.25) is 0 Å². The molecule has 2 N–H and O–H groups in total. The number of aliphatic carboxylic acids is 1. The van der Waals surface area contributed by atoms with Crippen molar-refractivity contribution in [2.45, 2.75) is 19.8 Å². The zero-order chi connectivity index (χ0) is 14.7. The minimum absolute atomic E-state index is 0.0712. The number of carboxylic acids is 1. The summed E-state index contributed by atoms with van der Waals surface area (Å²) in [6, 6.07) is 4.20. The highest BCUT2D eigenvalue weighted by molar-refractivity contribution is 5.86. The molecule has 1 aromatic carbocycles. The van der Waals surface area contributed by atoms with Crippen LogP contribution in [-0.2, 0) is 11.2 Å². The van der Waals surface area contributed by atoms with Crippen LogP contribution in [0.3, 0.4) is 0 Å². The standard InChI is InChI=1S/C15H14O5/c1-2-3-10-12(16)6-5-11-13(17)8-9(20-15(10)11)4-7-14(18)19/h4-8,16H,2-3H2,1H3,(H,18,19)/b7-4+. The first-order valence-electron chi connectivity index (χ1n) is 6.22. The van der Waals surface area contributed by atoms with Gasteiger partial charge in [-0.2, -0.15) is 0 Å². The van der Waals surface area contributed by atoms with Crippen molar-refractivity contribution in [3.8, 4) is 5.75 Å². The predicted octanol–water partition coefficient (Wildman–Crippen LogP) is 2.55. The van der Waals surface area contributed by atoms with Crippen LogP contribution in [-0.4, -0.2) is 16.2 Å². The number of hydrogen-bond donors (Lipinski definition) is 2. The van der Waals surface area contributed by atoms with Crippen molar-refractivity contribution in [3.63, 3.8) is 0 Å². The molecule has 0 aliphatic rings. The SMILES string of the molecule is CCCc1c(O)ccc2c(=O)cc(/C=C/C(=O)O)oc12. The summed E-state index contributed by atoms with van der Waals surface area (Å²) >= 11 is 0. The molecule has 0 radical (unpaired) electrons. The van der Waals surface area contributed by atoms with Gasteiger partial charge in [0.05, 0.1) is 5.39 Å². The zero-order valence-corrected chi connectivity index (χ0v) is 10.9. The summed E-state index contributed by atoms with van der Waals surface area (Å²) in [5.41, 5.74) is 0.603. The molecule has 0 fully saturated rings. The summed E-state index contributed by atoms with van der Waals surface area (Å²) in [5.74, 6) is -0.910. The first-order valence-corrected chi connectivity index (χ1v) is 6.22. The molecule has 2 aromatic rings. The van der Waals surface area contributed by atoms with Crippen molar-refractivity contribution in [1.29, 1.82) is 0 Å². The number of phenols is 1. The zero-order valence-electron chi connectivity index (χ0n) is 10.9. The maximum absolute atomic E-state index is 12.0. The van der Waals surface area contributed by atoms with E-state index in [-0.39, 0.29) is 16.9 Å². The summed E-state index contributed by atoms with van der Waals surface area (Å²) < 4.78 is 5.55. The van der Waals surface area contributed by atoms with Crippen LogP contribution in [0.1, 0.15) is 24.7 Å². The number of hydrogen-bond acceptors (Lipinski definition) is 4. The van der Waals surface area contributed by atoms with E-state index in [1.165, 1.54) is 24.3 Å². The van der Waals surface area contributed by atoms with E-state index in [1.807, 2.05) is 6.92 Å². The van der Waals surface area contributed by atoms with E-state index in [0.29, 0.717) is 23.0 Å². The van der Waals surface area contributed by atoms with Crippen LogP contribution in [0.15, 0.2) is 33.5 Å². The molecule has 5 heteroatoms. The van der Waals surface area contributed by atoms with Gasteiger partial charge in [0.15, 0.2) is 5.43 Å². The van der Waals surface area contributed by atoms with Crippen LogP contribution in [0.5, 0.6) is 5.75 Å². The average Bonchev–Trinajstić information content (AvgIpc) is 2.40. The maximum Gasteiger partial charge on any atom is 0.328 e. The predicted molar refractivity (Wildman–Crippen MR) is 74.8 cm³/mol. The lowest BCUT2D eigenvalue weighted by Gasteiger charge is -2.07. The largest absolute Gasteiger partial charge is 0.508 e. The van der Waals surface area contributed by atoms with Crippen LogP contribution < -0.4 is 5.43 Å². The lowest BCUT2D eigenvalue weighted by molar-refractivity contribution is -0.131. The number of rotatable bonds is 4. The molecule has 0 atom stereocenters. The van der Waals surface area contributed by atoms with Gasteiger partial charge < -0.3 is 14.6 Å². The molecule has 0 aliphatic carbocycles. The lowest BCUT2D eigenvalue weighted by atomic mass is 10.0. The molecule has 0 unspecified atom stereocenters. The quantitative estimate of drug-likeness (QED) is 0.836. The van der Waals surface area contributed by atoms with Crippen molar-refractivity contribution in [2.75, 3.05) is 0 Å². The second kappa shape index (κ2) is 5.61. The number of carboxylic acid groups (broad SMARTS) is 1. The summed E-state index contributed by atoms with van der Waals surface area (Å²) in [5, 5.41) is 18.8. The maximum atomic E-state index is 12.0. The van der Waals surface area contributed by atoms with E-state index in [2.05, 4.69) is 0 Å². The van der Waals surface area contributed by atoms with Crippen molar-refractivity contribution >= 4 is 23.0 Å². The molecule has 0 saturated heterocycles. The van der Waals surface area contributed by atoms with E-state index >= 15 is 0 Å². The monoisotopic (exact) mass is 274 g/mol. The molecular formula is C15H14O5. The smallest absolute Gasteiger partial charge is 0.328 e. The normalized spacial score (nSPS) is 11.2. The van der Waals surface area contributed by atoms with Crippen molar-refractivity contribution in [3.05, 3.63) is 45.8 Å². The van der Waals surface area contributed by atoms with Crippen molar-refractivity contribution in [2.24, 2.45) is 0 Å². The van der Waals surface area contributed by atoms with Crippen LogP contribution in [0.4, 0.5) is 0 Å². The van der Waals surface area contributed by atoms with E-state index in [4.69, 9.17) is 9.52 Å². The highest BCUT2D eigenvalue weighted by atomic mass is 16.4. The molecule has 20 heavy (non-hydrogen) atoms. The van der Waals surface area contributed by atoms with Gasteiger partial charge in [-0.3, -0.25) is 4.79 Å². The Labute approximate surface area is 114 Å². The number of benzene rings is 1. The molecule has 0 spiro atoms. The van der Waals surface area contributed by atoms with E-state index < -0.39 is 5.97 Å². The Hall–Kier alpha value is -2.56. The number of fused-ring (bicyclic) bond motifs is 1. The summed E-state index contributed by atoms with van der Waals surface area (Å²) in [6.07, 6.45) is 3.46. The van der Waals surface area contributed by atoms with Gasteiger partial charge in [-0.1, -0.05) is 13.3 Å². The molecule has 104 valence electrons. The molecular weight excluding hydrogens is 260 g/mol. The molecule has 1 aromatic heterocycles. The molecule has 1 heterocycles. The number of carbonyl (C=O) groups is 1. The molecule has 0 bridgehead atoms. The fourth-order valence-corrected chi connectivity index (χ4v) is 2.01. The number of aryl methyl sites for hydroxylation is 1.